The molecule has 0 aliphatic heterocycles. The van der Waals surface area contributed by atoms with Crippen LogP contribution in [0.3, 0.4) is 0 Å². The normalized spacial score (nSPS) is 13.0. The van der Waals surface area contributed by atoms with E-state index in [4.69, 9.17) is 4.74 Å². The summed E-state index contributed by atoms with van der Waals surface area (Å²) in [5.41, 5.74) is -0.392. The first-order chi connectivity index (χ1) is 9.91. The lowest BCUT2D eigenvalue weighted by Crippen LogP contribution is -2.07. The zero-order valence-electron chi connectivity index (χ0n) is 11.3. The maximum atomic E-state index is 12.8. The maximum Gasteiger partial charge on any atom is 0.419 e. The molecule has 0 bridgehead atoms. The zero-order chi connectivity index (χ0) is 15.5. The predicted octanol–water partition coefficient (Wildman–Crippen LogP) is 4.34. The molecule has 1 atom stereocenters. The Kier molecular flexibility index (Phi) is 4.47. The van der Waals surface area contributed by atoms with Crippen LogP contribution in [-0.2, 0) is 6.18 Å². The Labute approximate surface area is 120 Å². The quantitative estimate of drug-likeness (QED) is 0.913. The Bertz CT molecular complexity index is 597. The van der Waals surface area contributed by atoms with Crippen molar-refractivity contribution in [2.24, 2.45) is 0 Å². The van der Waals surface area contributed by atoms with E-state index in [-0.39, 0.29) is 11.5 Å². The van der Waals surface area contributed by atoms with Crippen LogP contribution < -0.4 is 4.74 Å². The van der Waals surface area contributed by atoms with Gasteiger partial charge < -0.3 is 9.84 Å². The van der Waals surface area contributed by atoms with Crippen molar-refractivity contribution >= 4 is 0 Å². The Morgan fingerprint density at radius 3 is 2.48 bits per heavy atom. The van der Waals surface area contributed by atoms with Crippen LogP contribution in [0.4, 0.5) is 13.2 Å². The van der Waals surface area contributed by atoms with Gasteiger partial charge in [0.1, 0.15) is 11.5 Å². The smallest absolute Gasteiger partial charge is 0.419 e. The molecule has 112 valence electrons. The van der Waals surface area contributed by atoms with Gasteiger partial charge in [-0.05, 0) is 30.7 Å². The molecule has 0 spiro atoms. The van der Waals surface area contributed by atoms with Crippen molar-refractivity contribution in [1.29, 1.82) is 0 Å². The van der Waals surface area contributed by atoms with Crippen molar-refractivity contribution in [2.45, 2.75) is 25.6 Å². The molecule has 0 saturated heterocycles. The van der Waals surface area contributed by atoms with Crippen molar-refractivity contribution in [1.82, 2.24) is 4.98 Å². The maximum absolute atomic E-state index is 12.8. The third-order valence-corrected chi connectivity index (χ3v) is 2.91. The fraction of sp³-hybridized carbons (Fsp3) is 0.267. The lowest BCUT2D eigenvalue weighted by atomic mass is 10.2. The highest BCUT2D eigenvalue weighted by Gasteiger charge is 2.34. The Morgan fingerprint density at radius 2 is 1.90 bits per heavy atom. The standard InChI is InChI=1S/C15H14F3NO2/c1-2-13(20)12-8-7-10(9-19-12)21-14-6-4-3-5-11(14)15(16,17)18/h3-9,13,20H,2H2,1H3/t13-/m0/s1. The monoisotopic (exact) mass is 297 g/mol. The summed E-state index contributed by atoms with van der Waals surface area (Å²) < 4.78 is 43.8. The van der Waals surface area contributed by atoms with Gasteiger partial charge in [-0.3, -0.25) is 4.98 Å². The summed E-state index contributed by atoms with van der Waals surface area (Å²) >= 11 is 0. The minimum absolute atomic E-state index is 0.179. The molecule has 0 saturated carbocycles. The number of alkyl halides is 3. The highest BCUT2D eigenvalue weighted by molar-refractivity contribution is 5.39. The number of nitrogens with zero attached hydrogens (tertiary/aromatic N) is 1. The van der Waals surface area contributed by atoms with E-state index in [1.807, 2.05) is 0 Å². The number of halogens is 3. The first-order valence-corrected chi connectivity index (χ1v) is 6.40. The average Bonchev–Trinajstić information content (AvgIpc) is 2.47. The van der Waals surface area contributed by atoms with E-state index in [1.165, 1.54) is 36.5 Å². The van der Waals surface area contributed by atoms with E-state index in [0.717, 1.165) is 6.07 Å². The van der Waals surface area contributed by atoms with Gasteiger partial charge >= 0.3 is 6.18 Å². The summed E-state index contributed by atoms with van der Waals surface area (Å²) in [6.07, 6.45) is -3.38. The summed E-state index contributed by atoms with van der Waals surface area (Å²) in [5.74, 6) is -0.102. The molecule has 6 heteroatoms. The Hall–Kier alpha value is -2.08. The number of hydrogen-bond acceptors (Lipinski definition) is 3. The number of benzene rings is 1. The van der Waals surface area contributed by atoms with E-state index in [0.29, 0.717) is 12.1 Å². The van der Waals surface area contributed by atoms with Crippen molar-refractivity contribution in [3.63, 3.8) is 0 Å². The SMILES string of the molecule is CC[C@H](O)c1ccc(Oc2ccccc2C(F)(F)F)cn1. The molecule has 0 amide bonds. The van der Waals surface area contributed by atoms with Crippen molar-refractivity contribution < 1.29 is 23.0 Å². The molecule has 1 aromatic heterocycles. The van der Waals surface area contributed by atoms with Gasteiger partial charge in [0, 0.05) is 0 Å². The van der Waals surface area contributed by atoms with Gasteiger partial charge in [-0.2, -0.15) is 13.2 Å². The van der Waals surface area contributed by atoms with Gasteiger partial charge in [0.2, 0.25) is 0 Å². The number of rotatable bonds is 4. The third-order valence-electron chi connectivity index (χ3n) is 2.91. The Balaban J connectivity index is 2.23. The number of aliphatic hydroxyl groups excluding tert-OH is 1. The fourth-order valence-corrected chi connectivity index (χ4v) is 1.78. The van der Waals surface area contributed by atoms with E-state index in [9.17, 15) is 18.3 Å². The van der Waals surface area contributed by atoms with E-state index < -0.39 is 17.8 Å². The number of pyridine rings is 1. The van der Waals surface area contributed by atoms with Gasteiger partial charge in [0.15, 0.2) is 0 Å². The van der Waals surface area contributed by atoms with Gasteiger partial charge in [-0.25, -0.2) is 0 Å². The summed E-state index contributed by atoms with van der Waals surface area (Å²) in [5, 5.41) is 9.61. The number of para-hydroxylation sites is 1. The van der Waals surface area contributed by atoms with Gasteiger partial charge in [0.05, 0.1) is 23.6 Å². The van der Waals surface area contributed by atoms with Gasteiger partial charge in [-0.1, -0.05) is 19.1 Å². The zero-order valence-corrected chi connectivity index (χ0v) is 11.3. The van der Waals surface area contributed by atoms with Crippen LogP contribution in [0.5, 0.6) is 11.5 Å². The molecule has 21 heavy (non-hydrogen) atoms. The lowest BCUT2D eigenvalue weighted by molar-refractivity contribution is -0.138. The van der Waals surface area contributed by atoms with Crippen molar-refractivity contribution in [2.75, 3.05) is 0 Å². The first-order valence-electron chi connectivity index (χ1n) is 6.40. The minimum atomic E-state index is -4.48. The molecule has 0 fully saturated rings. The highest BCUT2D eigenvalue weighted by atomic mass is 19.4. The lowest BCUT2D eigenvalue weighted by Gasteiger charge is -2.13. The largest absolute Gasteiger partial charge is 0.455 e. The number of aliphatic hydroxyl groups is 1. The molecule has 1 aromatic carbocycles. The van der Waals surface area contributed by atoms with Crippen LogP contribution in [0, 0.1) is 0 Å². The molecular weight excluding hydrogens is 283 g/mol. The second kappa shape index (κ2) is 6.13. The third kappa shape index (κ3) is 3.72. The fourth-order valence-electron chi connectivity index (χ4n) is 1.78. The predicted molar refractivity (Wildman–Crippen MR) is 71.0 cm³/mol. The molecular formula is C15H14F3NO2. The average molecular weight is 297 g/mol. The topological polar surface area (TPSA) is 42.4 Å². The summed E-state index contributed by atoms with van der Waals surface area (Å²) in [6.45, 7) is 1.80. The molecule has 0 aliphatic carbocycles. The van der Waals surface area contributed by atoms with Gasteiger partial charge in [0.25, 0.3) is 0 Å². The summed E-state index contributed by atoms with van der Waals surface area (Å²) in [7, 11) is 0. The molecule has 2 aromatic rings. The van der Waals surface area contributed by atoms with Crippen LogP contribution in [0.2, 0.25) is 0 Å². The van der Waals surface area contributed by atoms with Crippen LogP contribution in [0.25, 0.3) is 0 Å². The molecule has 1 N–H and O–H groups in total. The number of ether oxygens (including phenoxy) is 1. The van der Waals surface area contributed by atoms with Crippen molar-refractivity contribution in [3.05, 3.63) is 53.9 Å². The summed E-state index contributed by atoms with van der Waals surface area (Å²) in [4.78, 5) is 3.98. The van der Waals surface area contributed by atoms with Crippen LogP contribution in [-0.4, -0.2) is 10.1 Å². The van der Waals surface area contributed by atoms with Gasteiger partial charge in [-0.15, -0.1) is 0 Å². The molecule has 1 heterocycles. The van der Waals surface area contributed by atoms with E-state index in [2.05, 4.69) is 4.98 Å². The molecule has 2 rings (SSSR count). The Morgan fingerprint density at radius 1 is 1.19 bits per heavy atom. The first kappa shape index (κ1) is 15.3. The van der Waals surface area contributed by atoms with Crippen molar-refractivity contribution in [3.8, 4) is 11.5 Å². The molecule has 0 aliphatic rings. The van der Waals surface area contributed by atoms with Crippen LogP contribution in [0.15, 0.2) is 42.6 Å². The molecule has 0 unspecified atom stereocenters. The molecule has 3 nitrogen and oxygen atoms in total. The number of hydrogen-bond donors (Lipinski definition) is 1. The highest BCUT2D eigenvalue weighted by Crippen LogP contribution is 2.37. The van der Waals surface area contributed by atoms with E-state index >= 15 is 0 Å². The van der Waals surface area contributed by atoms with Crippen LogP contribution >= 0.6 is 0 Å². The number of aromatic nitrogens is 1. The minimum Gasteiger partial charge on any atom is -0.455 e. The van der Waals surface area contributed by atoms with Crippen LogP contribution in [0.1, 0.15) is 30.7 Å². The second-order valence-electron chi connectivity index (χ2n) is 4.44. The molecule has 0 radical (unpaired) electrons. The summed E-state index contributed by atoms with van der Waals surface area (Å²) in [6, 6.07) is 7.98. The van der Waals surface area contributed by atoms with E-state index in [1.54, 1.807) is 6.92 Å². The second-order valence-corrected chi connectivity index (χ2v) is 4.44.